The number of para-hydroxylation sites is 2. The first-order chi connectivity index (χ1) is 16.7. The van der Waals surface area contributed by atoms with Crippen LogP contribution in [0.4, 0.5) is 4.39 Å². The summed E-state index contributed by atoms with van der Waals surface area (Å²) in [6, 6.07) is 24.0. The number of carbonyl (C=O) groups is 1. The summed E-state index contributed by atoms with van der Waals surface area (Å²) in [7, 11) is 0. The molecule has 2 heterocycles. The summed E-state index contributed by atoms with van der Waals surface area (Å²) in [6.45, 7) is 1.12. The van der Waals surface area contributed by atoms with E-state index in [1.165, 1.54) is 23.4 Å². The largest absolute Gasteiger partial charge is 0.493 e. The van der Waals surface area contributed by atoms with E-state index in [9.17, 15) is 9.18 Å². The second-order valence-electron chi connectivity index (χ2n) is 8.04. The molecule has 1 unspecified atom stereocenters. The van der Waals surface area contributed by atoms with E-state index >= 15 is 0 Å². The van der Waals surface area contributed by atoms with Crippen LogP contribution in [0.5, 0.6) is 5.75 Å². The Morgan fingerprint density at radius 3 is 2.65 bits per heavy atom. The highest BCUT2D eigenvalue weighted by atomic mass is 32.2. The molecular weight excluding hydrogens is 451 g/mol. The molecule has 1 aliphatic heterocycles. The van der Waals surface area contributed by atoms with Gasteiger partial charge in [-0.2, -0.15) is 0 Å². The Morgan fingerprint density at radius 2 is 1.79 bits per heavy atom. The number of hydrogen-bond donors (Lipinski definition) is 1. The monoisotopic (exact) mass is 474 g/mol. The van der Waals surface area contributed by atoms with Crippen molar-refractivity contribution in [1.82, 2.24) is 20.1 Å². The smallest absolute Gasteiger partial charge is 0.230 e. The Morgan fingerprint density at radius 1 is 1.03 bits per heavy atom. The van der Waals surface area contributed by atoms with Gasteiger partial charge >= 0.3 is 0 Å². The summed E-state index contributed by atoms with van der Waals surface area (Å²) in [4.78, 5) is 12.6. The summed E-state index contributed by atoms with van der Waals surface area (Å²) in [5.74, 6) is 1.24. The van der Waals surface area contributed by atoms with Crippen LogP contribution in [0.2, 0.25) is 0 Å². The molecule has 0 aliphatic carbocycles. The summed E-state index contributed by atoms with van der Waals surface area (Å²) < 4.78 is 22.1. The Bertz CT molecular complexity index is 1290. The molecule has 6 nitrogen and oxygen atoms in total. The molecule has 4 aromatic rings. The van der Waals surface area contributed by atoms with Gasteiger partial charge in [-0.25, -0.2) is 4.39 Å². The molecule has 0 spiro atoms. The highest BCUT2D eigenvalue weighted by molar-refractivity contribution is 7.99. The number of amides is 1. The average Bonchev–Trinajstić information content (AvgIpc) is 3.30. The van der Waals surface area contributed by atoms with Crippen LogP contribution in [0.3, 0.4) is 0 Å². The fraction of sp³-hybridized carbons (Fsp3) is 0.192. The van der Waals surface area contributed by atoms with Crippen molar-refractivity contribution in [2.24, 2.45) is 5.92 Å². The summed E-state index contributed by atoms with van der Waals surface area (Å²) >= 11 is 1.27. The molecule has 3 aromatic carbocycles. The molecule has 1 aliphatic rings. The minimum absolute atomic E-state index is 0.0982. The number of fused-ring (bicyclic) bond motifs is 1. The van der Waals surface area contributed by atoms with Gasteiger partial charge in [0.2, 0.25) is 5.91 Å². The van der Waals surface area contributed by atoms with Crippen LogP contribution in [0.1, 0.15) is 5.56 Å². The van der Waals surface area contributed by atoms with Gasteiger partial charge in [0.1, 0.15) is 11.6 Å². The number of ether oxygens (including phenoxy) is 1. The van der Waals surface area contributed by atoms with Crippen LogP contribution in [-0.2, 0) is 11.2 Å². The first-order valence-corrected chi connectivity index (χ1v) is 12.0. The number of aromatic nitrogens is 3. The van der Waals surface area contributed by atoms with Crippen LogP contribution >= 0.6 is 11.8 Å². The molecule has 1 atom stereocenters. The Balaban J connectivity index is 1.27. The Kier molecular flexibility index (Phi) is 6.58. The number of carbonyl (C=O) groups excluding carboxylic acids is 1. The van der Waals surface area contributed by atoms with Crippen molar-refractivity contribution in [2.45, 2.75) is 11.6 Å². The molecule has 1 N–H and O–H groups in total. The molecule has 8 heteroatoms. The van der Waals surface area contributed by atoms with Gasteiger partial charge in [0.05, 0.1) is 17.9 Å². The highest BCUT2D eigenvalue weighted by Gasteiger charge is 2.21. The van der Waals surface area contributed by atoms with Crippen LogP contribution in [0.15, 0.2) is 84.0 Å². The molecule has 0 radical (unpaired) electrons. The molecule has 34 heavy (non-hydrogen) atoms. The molecule has 5 rings (SSSR count). The van der Waals surface area contributed by atoms with E-state index in [1.807, 2.05) is 48.5 Å². The molecular formula is C26H23FN4O2S. The zero-order chi connectivity index (χ0) is 23.3. The fourth-order valence-corrected chi connectivity index (χ4v) is 4.73. The minimum atomic E-state index is -0.377. The number of rotatable bonds is 7. The van der Waals surface area contributed by atoms with E-state index in [0.29, 0.717) is 29.7 Å². The van der Waals surface area contributed by atoms with Gasteiger partial charge in [0, 0.05) is 18.2 Å². The van der Waals surface area contributed by atoms with Crippen molar-refractivity contribution in [2.75, 3.05) is 18.9 Å². The van der Waals surface area contributed by atoms with Crippen molar-refractivity contribution < 1.29 is 13.9 Å². The van der Waals surface area contributed by atoms with E-state index in [0.717, 1.165) is 17.9 Å². The predicted molar refractivity (Wildman–Crippen MR) is 130 cm³/mol. The number of nitrogens with zero attached hydrogens (tertiary/aromatic N) is 3. The number of hydrogen-bond acceptors (Lipinski definition) is 5. The van der Waals surface area contributed by atoms with Gasteiger partial charge in [-0.05, 0) is 42.3 Å². The van der Waals surface area contributed by atoms with Gasteiger partial charge < -0.3 is 10.1 Å². The van der Waals surface area contributed by atoms with Gasteiger partial charge in [0.15, 0.2) is 11.0 Å². The summed E-state index contributed by atoms with van der Waals surface area (Å²) in [5.41, 5.74) is 2.32. The Labute approximate surface area is 201 Å². The SMILES string of the molecule is O=C(CSc1nnc(-c2ccccc2F)n1-c1ccccc1)NCC1COc2ccccc2C1. The molecule has 172 valence electrons. The van der Waals surface area contributed by atoms with E-state index in [2.05, 4.69) is 21.6 Å². The first kappa shape index (κ1) is 22.2. The molecule has 1 aromatic heterocycles. The van der Waals surface area contributed by atoms with Crippen molar-refractivity contribution >= 4 is 17.7 Å². The van der Waals surface area contributed by atoms with E-state index in [-0.39, 0.29) is 23.4 Å². The molecule has 0 saturated heterocycles. The maximum absolute atomic E-state index is 14.5. The highest BCUT2D eigenvalue weighted by Crippen LogP contribution is 2.29. The maximum Gasteiger partial charge on any atom is 0.230 e. The lowest BCUT2D eigenvalue weighted by molar-refractivity contribution is -0.118. The van der Waals surface area contributed by atoms with Crippen molar-refractivity contribution in [1.29, 1.82) is 0 Å². The van der Waals surface area contributed by atoms with E-state index < -0.39 is 0 Å². The van der Waals surface area contributed by atoms with E-state index in [1.54, 1.807) is 22.8 Å². The lowest BCUT2D eigenvalue weighted by Crippen LogP contribution is -2.35. The third-order valence-corrected chi connectivity index (χ3v) is 6.57. The Hall–Kier alpha value is -3.65. The maximum atomic E-state index is 14.5. The second-order valence-corrected chi connectivity index (χ2v) is 8.98. The quantitative estimate of drug-likeness (QED) is 0.399. The van der Waals surface area contributed by atoms with Crippen LogP contribution in [-0.4, -0.2) is 39.6 Å². The zero-order valence-corrected chi connectivity index (χ0v) is 19.2. The second kappa shape index (κ2) is 10.1. The van der Waals surface area contributed by atoms with Crippen molar-refractivity contribution in [3.8, 4) is 22.8 Å². The van der Waals surface area contributed by atoms with Crippen LogP contribution in [0, 0.1) is 11.7 Å². The number of nitrogens with one attached hydrogen (secondary N) is 1. The molecule has 0 fully saturated rings. The predicted octanol–water partition coefficient (Wildman–Crippen LogP) is 4.53. The van der Waals surface area contributed by atoms with Gasteiger partial charge in [-0.3, -0.25) is 9.36 Å². The lowest BCUT2D eigenvalue weighted by Gasteiger charge is -2.25. The standard InChI is InChI=1S/C26H23FN4O2S/c27-22-12-6-5-11-21(22)25-29-30-26(31(25)20-9-2-1-3-10-20)34-17-24(32)28-15-18-14-19-8-4-7-13-23(19)33-16-18/h1-13,18H,14-17H2,(H,28,32). The number of benzene rings is 3. The van der Waals surface area contributed by atoms with Gasteiger partial charge in [-0.15, -0.1) is 10.2 Å². The van der Waals surface area contributed by atoms with Gasteiger partial charge in [-0.1, -0.05) is 60.3 Å². The first-order valence-electron chi connectivity index (χ1n) is 11.0. The third kappa shape index (κ3) is 4.82. The number of thioether (sulfide) groups is 1. The topological polar surface area (TPSA) is 69.0 Å². The van der Waals surface area contributed by atoms with Gasteiger partial charge in [0.25, 0.3) is 0 Å². The number of halogens is 1. The van der Waals surface area contributed by atoms with Crippen molar-refractivity contribution in [3.05, 3.63) is 90.2 Å². The van der Waals surface area contributed by atoms with Crippen LogP contribution in [0.25, 0.3) is 17.1 Å². The minimum Gasteiger partial charge on any atom is -0.493 e. The van der Waals surface area contributed by atoms with Crippen molar-refractivity contribution in [3.63, 3.8) is 0 Å². The zero-order valence-electron chi connectivity index (χ0n) is 18.4. The van der Waals surface area contributed by atoms with E-state index in [4.69, 9.17) is 4.74 Å². The fourth-order valence-electron chi connectivity index (χ4n) is 3.95. The average molecular weight is 475 g/mol. The third-order valence-electron chi connectivity index (χ3n) is 5.64. The lowest BCUT2D eigenvalue weighted by atomic mass is 9.97. The molecule has 0 saturated carbocycles. The normalized spacial score (nSPS) is 14.8. The summed E-state index contributed by atoms with van der Waals surface area (Å²) in [5, 5.41) is 12.0. The summed E-state index contributed by atoms with van der Waals surface area (Å²) in [6.07, 6.45) is 0.873. The van der Waals surface area contributed by atoms with Crippen LogP contribution < -0.4 is 10.1 Å². The molecule has 1 amide bonds. The molecule has 0 bridgehead atoms.